The maximum atomic E-state index is 12.7. The lowest BCUT2D eigenvalue weighted by atomic mass is 9.81. The molecular weight excluding hydrogens is 227 g/mol. The highest BCUT2D eigenvalue weighted by atomic mass is 19.1. The van der Waals surface area contributed by atoms with Crippen LogP contribution in [0.2, 0.25) is 0 Å². The van der Waals surface area contributed by atoms with Crippen molar-refractivity contribution in [1.82, 2.24) is 0 Å². The van der Waals surface area contributed by atoms with Crippen LogP contribution in [0.4, 0.5) is 4.39 Å². The van der Waals surface area contributed by atoms with Crippen LogP contribution in [0.1, 0.15) is 32.1 Å². The summed E-state index contributed by atoms with van der Waals surface area (Å²) in [7, 11) is 0. The Labute approximate surface area is 109 Å². The van der Waals surface area contributed by atoms with Gasteiger partial charge in [0.05, 0.1) is 6.61 Å². The number of benzene rings is 1. The SMILES string of the molecule is C=CC[C@H]1CC[C@H](COc2ccc(F)cc2)CC1. The van der Waals surface area contributed by atoms with Crippen molar-refractivity contribution in [2.45, 2.75) is 32.1 Å². The molecule has 0 heterocycles. The number of rotatable bonds is 5. The van der Waals surface area contributed by atoms with Gasteiger partial charge in [-0.25, -0.2) is 4.39 Å². The van der Waals surface area contributed by atoms with Crippen LogP contribution in [-0.4, -0.2) is 6.61 Å². The van der Waals surface area contributed by atoms with E-state index in [4.69, 9.17) is 4.74 Å². The van der Waals surface area contributed by atoms with Gasteiger partial charge in [-0.1, -0.05) is 6.08 Å². The highest BCUT2D eigenvalue weighted by Crippen LogP contribution is 2.31. The van der Waals surface area contributed by atoms with Gasteiger partial charge in [0.1, 0.15) is 11.6 Å². The Morgan fingerprint density at radius 1 is 1.11 bits per heavy atom. The summed E-state index contributed by atoms with van der Waals surface area (Å²) in [5.41, 5.74) is 0. The maximum absolute atomic E-state index is 12.7. The molecule has 0 N–H and O–H groups in total. The average molecular weight is 248 g/mol. The molecule has 2 heteroatoms. The van der Waals surface area contributed by atoms with Crippen molar-refractivity contribution in [3.05, 3.63) is 42.7 Å². The van der Waals surface area contributed by atoms with E-state index in [1.54, 1.807) is 12.1 Å². The first kappa shape index (κ1) is 13.1. The zero-order valence-corrected chi connectivity index (χ0v) is 10.8. The van der Waals surface area contributed by atoms with Gasteiger partial charge in [-0.3, -0.25) is 0 Å². The summed E-state index contributed by atoms with van der Waals surface area (Å²) in [5.74, 6) is 2.03. The van der Waals surface area contributed by atoms with Crippen LogP contribution in [0, 0.1) is 17.7 Å². The lowest BCUT2D eigenvalue weighted by molar-refractivity contribution is 0.183. The molecule has 0 bridgehead atoms. The highest BCUT2D eigenvalue weighted by Gasteiger charge is 2.20. The van der Waals surface area contributed by atoms with E-state index in [0.29, 0.717) is 5.92 Å². The molecule has 0 amide bonds. The summed E-state index contributed by atoms with van der Waals surface area (Å²) in [4.78, 5) is 0. The van der Waals surface area contributed by atoms with Gasteiger partial charge in [-0.15, -0.1) is 6.58 Å². The van der Waals surface area contributed by atoms with Crippen molar-refractivity contribution in [2.24, 2.45) is 11.8 Å². The predicted molar refractivity (Wildman–Crippen MR) is 72.2 cm³/mol. The van der Waals surface area contributed by atoms with E-state index in [-0.39, 0.29) is 5.82 Å². The first-order valence-electron chi connectivity index (χ1n) is 6.77. The Bertz CT molecular complexity index is 363. The Balaban J connectivity index is 1.72. The van der Waals surface area contributed by atoms with E-state index in [9.17, 15) is 4.39 Å². The fourth-order valence-corrected chi connectivity index (χ4v) is 2.61. The van der Waals surface area contributed by atoms with E-state index >= 15 is 0 Å². The van der Waals surface area contributed by atoms with Crippen molar-refractivity contribution >= 4 is 0 Å². The minimum Gasteiger partial charge on any atom is -0.493 e. The molecule has 98 valence electrons. The van der Waals surface area contributed by atoms with Crippen LogP contribution in [0.15, 0.2) is 36.9 Å². The van der Waals surface area contributed by atoms with Crippen LogP contribution in [-0.2, 0) is 0 Å². The van der Waals surface area contributed by atoms with Crippen molar-refractivity contribution in [1.29, 1.82) is 0 Å². The lowest BCUT2D eigenvalue weighted by Gasteiger charge is -2.27. The fourth-order valence-electron chi connectivity index (χ4n) is 2.61. The van der Waals surface area contributed by atoms with Crippen molar-refractivity contribution in [3.63, 3.8) is 0 Å². The molecule has 1 fully saturated rings. The highest BCUT2D eigenvalue weighted by molar-refractivity contribution is 5.22. The summed E-state index contributed by atoms with van der Waals surface area (Å²) in [6.07, 6.45) is 8.21. The molecule has 0 atom stereocenters. The van der Waals surface area contributed by atoms with Crippen LogP contribution >= 0.6 is 0 Å². The van der Waals surface area contributed by atoms with E-state index in [1.165, 1.54) is 37.8 Å². The molecule has 0 saturated heterocycles. The van der Waals surface area contributed by atoms with E-state index < -0.39 is 0 Å². The standard InChI is InChI=1S/C16H21FO/c1-2-3-13-4-6-14(7-5-13)12-18-16-10-8-15(17)9-11-16/h2,8-11,13-14H,1,3-7,12H2/t13-,14-. The molecule has 1 aliphatic rings. The minimum absolute atomic E-state index is 0.215. The maximum Gasteiger partial charge on any atom is 0.123 e. The zero-order chi connectivity index (χ0) is 12.8. The summed E-state index contributed by atoms with van der Waals surface area (Å²) in [6, 6.07) is 6.27. The van der Waals surface area contributed by atoms with Gasteiger partial charge in [0.25, 0.3) is 0 Å². The summed E-state index contributed by atoms with van der Waals surface area (Å²) < 4.78 is 18.4. The van der Waals surface area contributed by atoms with Crippen molar-refractivity contribution < 1.29 is 9.13 Å². The molecule has 1 aliphatic carbocycles. The first-order valence-corrected chi connectivity index (χ1v) is 6.77. The Morgan fingerprint density at radius 2 is 1.72 bits per heavy atom. The second-order valence-corrected chi connectivity index (χ2v) is 5.18. The van der Waals surface area contributed by atoms with Crippen LogP contribution in [0.25, 0.3) is 0 Å². The number of halogens is 1. The molecule has 0 aromatic heterocycles. The quantitative estimate of drug-likeness (QED) is 0.693. The van der Waals surface area contributed by atoms with Gasteiger partial charge < -0.3 is 4.74 Å². The molecule has 0 radical (unpaired) electrons. The van der Waals surface area contributed by atoms with E-state index in [1.807, 2.05) is 6.08 Å². The number of hydrogen-bond donors (Lipinski definition) is 0. The van der Waals surface area contributed by atoms with Gasteiger partial charge >= 0.3 is 0 Å². The van der Waals surface area contributed by atoms with E-state index in [0.717, 1.165) is 24.7 Å². The molecule has 1 aromatic carbocycles. The molecule has 1 saturated carbocycles. The van der Waals surface area contributed by atoms with Gasteiger partial charge in [0.15, 0.2) is 0 Å². The largest absolute Gasteiger partial charge is 0.493 e. The monoisotopic (exact) mass is 248 g/mol. The fraction of sp³-hybridized carbons (Fsp3) is 0.500. The van der Waals surface area contributed by atoms with Gasteiger partial charge in [-0.2, -0.15) is 0 Å². The predicted octanol–water partition coefficient (Wildman–Crippen LogP) is 4.59. The third kappa shape index (κ3) is 3.86. The first-order chi connectivity index (χ1) is 8.78. The molecule has 18 heavy (non-hydrogen) atoms. The van der Waals surface area contributed by atoms with Crippen LogP contribution in [0.5, 0.6) is 5.75 Å². The molecule has 1 aromatic rings. The van der Waals surface area contributed by atoms with E-state index in [2.05, 4.69) is 6.58 Å². The lowest BCUT2D eigenvalue weighted by Crippen LogP contribution is -2.19. The topological polar surface area (TPSA) is 9.23 Å². The Hall–Kier alpha value is -1.31. The third-order valence-corrected chi connectivity index (χ3v) is 3.77. The van der Waals surface area contributed by atoms with Crippen molar-refractivity contribution in [3.8, 4) is 5.75 Å². The summed E-state index contributed by atoms with van der Waals surface area (Å²) in [5, 5.41) is 0. The number of ether oxygens (including phenoxy) is 1. The molecular formula is C16H21FO. The summed E-state index contributed by atoms with van der Waals surface area (Å²) >= 11 is 0. The normalized spacial score (nSPS) is 23.6. The average Bonchev–Trinajstić information content (AvgIpc) is 2.40. The number of hydrogen-bond acceptors (Lipinski definition) is 1. The number of allylic oxidation sites excluding steroid dienone is 1. The molecule has 0 spiro atoms. The smallest absolute Gasteiger partial charge is 0.123 e. The van der Waals surface area contributed by atoms with Crippen LogP contribution in [0.3, 0.4) is 0 Å². The van der Waals surface area contributed by atoms with Crippen molar-refractivity contribution in [2.75, 3.05) is 6.61 Å². The van der Waals surface area contributed by atoms with Gasteiger partial charge in [0, 0.05) is 0 Å². The molecule has 0 aliphatic heterocycles. The zero-order valence-electron chi connectivity index (χ0n) is 10.8. The molecule has 1 nitrogen and oxygen atoms in total. The second-order valence-electron chi connectivity index (χ2n) is 5.18. The van der Waals surface area contributed by atoms with Crippen LogP contribution < -0.4 is 4.74 Å². The second kappa shape index (κ2) is 6.58. The molecule has 0 unspecified atom stereocenters. The third-order valence-electron chi connectivity index (χ3n) is 3.77. The van der Waals surface area contributed by atoms with Gasteiger partial charge in [-0.05, 0) is 68.2 Å². The Morgan fingerprint density at radius 3 is 2.33 bits per heavy atom. The molecule has 2 rings (SSSR count). The minimum atomic E-state index is -0.215. The summed E-state index contributed by atoms with van der Waals surface area (Å²) in [6.45, 7) is 4.56. The Kier molecular flexibility index (Phi) is 4.80. The van der Waals surface area contributed by atoms with Gasteiger partial charge in [0.2, 0.25) is 0 Å².